The van der Waals surface area contributed by atoms with Crippen molar-refractivity contribution in [2.75, 3.05) is 17.9 Å². The van der Waals surface area contributed by atoms with Gasteiger partial charge in [0, 0.05) is 24.8 Å². The Morgan fingerprint density at radius 3 is 2.70 bits per heavy atom. The molecular formula is C23H33N5O2. The quantitative estimate of drug-likeness (QED) is 0.446. The number of pyridine rings is 1. The maximum Gasteiger partial charge on any atom is 0.258 e. The van der Waals surface area contributed by atoms with Crippen LogP contribution in [-0.4, -0.2) is 35.0 Å². The predicted octanol–water partition coefficient (Wildman–Crippen LogP) is 4.17. The molecule has 1 aliphatic rings. The lowest BCUT2D eigenvalue weighted by atomic mass is 9.92. The molecular weight excluding hydrogens is 378 g/mol. The van der Waals surface area contributed by atoms with Crippen molar-refractivity contribution < 1.29 is 9.53 Å². The molecule has 0 spiro atoms. The maximum atomic E-state index is 13.4. The molecule has 4 N–H and O–H groups in total. The Morgan fingerprint density at radius 1 is 1.27 bits per heavy atom. The third kappa shape index (κ3) is 5.02. The number of nitrogens with zero attached hydrogens (tertiary/aromatic N) is 2. The van der Waals surface area contributed by atoms with E-state index in [4.69, 9.17) is 10.6 Å². The van der Waals surface area contributed by atoms with Crippen LogP contribution in [0.4, 0.5) is 11.5 Å². The minimum absolute atomic E-state index is 0.0511. The summed E-state index contributed by atoms with van der Waals surface area (Å²) in [5.41, 5.74) is 5.01. The molecule has 1 fully saturated rings. The number of rotatable bonds is 8. The SMILES string of the molecule is COc1cc(CNc2cccnc2NN)ccc1C(=O)N(C(C)C)C1CCCCC1. The van der Waals surface area contributed by atoms with Gasteiger partial charge < -0.3 is 20.4 Å². The van der Waals surface area contributed by atoms with Gasteiger partial charge in [0.05, 0.1) is 18.4 Å². The van der Waals surface area contributed by atoms with E-state index in [1.165, 1.54) is 19.3 Å². The van der Waals surface area contributed by atoms with Crippen LogP contribution in [0.15, 0.2) is 36.5 Å². The number of carbonyl (C=O) groups excluding carboxylic acids is 1. The molecule has 0 unspecified atom stereocenters. The Bertz CT molecular complexity index is 849. The summed E-state index contributed by atoms with van der Waals surface area (Å²) in [6.07, 6.45) is 7.48. The van der Waals surface area contributed by atoms with Gasteiger partial charge in [-0.2, -0.15) is 0 Å². The third-order valence-electron chi connectivity index (χ3n) is 5.68. The third-order valence-corrected chi connectivity index (χ3v) is 5.68. The summed E-state index contributed by atoms with van der Waals surface area (Å²) in [7, 11) is 1.61. The van der Waals surface area contributed by atoms with E-state index >= 15 is 0 Å². The second-order valence-electron chi connectivity index (χ2n) is 8.03. The summed E-state index contributed by atoms with van der Waals surface area (Å²) >= 11 is 0. The van der Waals surface area contributed by atoms with Crippen LogP contribution in [-0.2, 0) is 6.54 Å². The number of nitrogens with one attached hydrogen (secondary N) is 2. The molecule has 7 nitrogen and oxygen atoms in total. The fourth-order valence-corrected chi connectivity index (χ4v) is 4.20. The average Bonchev–Trinajstić information content (AvgIpc) is 2.78. The molecule has 0 atom stereocenters. The fourth-order valence-electron chi connectivity index (χ4n) is 4.20. The molecule has 30 heavy (non-hydrogen) atoms. The van der Waals surface area contributed by atoms with E-state index in [1.807, 2.05) is 35.2 Å². The molecule has 2 aromatic rings. The number of nitrogens with two attached hydrogens (primary N) is 1. The van der Waals surface area contributed by atoms with Crippen LogP contribution < -0.4 is 21.3 Å². The van der Waals surface area contributed by atoms with Gasteiger partial charge in [-0.15, -0.1) is 0 Å². The van der Waals surface area contributed by atoms with Crippen LogP contribution in [0.5, 0.6) is 5.75 Å². The number of hydrazine groups is 1. The number of aromatic nitrogens is 1. The highest BCUT2D eigenvalue weighted by Crippen LogP contribution is 2.29. The summed E-state index contributed by atoms with van der Waals surface area (Å²) in [5, 5.41) is 3.32. The molecule has 3 rings (SSSR count). The first-order chi connectivity index (χ1) is 14.5. The molecule has 7 heteroatoms. The van der Waals surface area contributed by atoms with Gasteiger partial charge in [0.2, 0.25) is 0 Å². The number of hydrogen-bond acceptors (Lipinski definition) is 6. The van der Waals surface area contributed by atoms with Gasteiger partial charge in [0.1, 0.15) is 5.75 Å². The van der Waals surface area contributed by atoms with Crippen molar-refractivity contribution in [3.05, 3.63) is 47.7 Å². The first-order valence-electron chi connectivity index (χ1n) is 10.7. The summed E-state index contributed by atoms with van der Waals surface area (Å²) in [6, 6.07) is 9.98. The Kier molecular flexibility index (Phi) is 7.52. The van der Waals surface area contributed by atoms with Crippen LogP contribution in [0, 0.1) is 0 Å². The lowest BCUT2D eigenvalue weighted by Crippen LogP contribution is -2.45. The first kappa shape index (κ1) is 21.9. The normalized spacial score (nSPS) is 14.4. The molecule has 0 saturated heterocycles. The molecule has 162 valence electrons. The van der Waals surface area contributed by atoms with Crippen molar-refractivity contribution in [2.45, 2.75) is 64.6 Å². The number of benzene rings is 1. The van der Waals surface area contributed by atoms with Gasteiger partial charge in [-0.05, 0) is 56.5 Å². The van der Waals surface area contributed by atoms with E-state index in [1.54, 1.807) is 13.3 Å². The molecule has 0 bridgehead atoms. The summed E-state index contributed by atoms with van der Waals surface area (Å²) < 4.78 is 5.60. The second kappa shape index (κ2) is 10.3. The van der Waals surface area contributed by atoms with E-state index in [0.29, 0.717) is 29.7 Å². The smallest absolute Gasteiger partial charge is 0.258 e. The highest BCUT2D eigenvalue weighted by atomic mass is 16.5. The number of ether oxygens (including phenoxy) is 1. The van der Waals surface area contributed by atoms with Crippen LogP contribution >= 0.6 is 0 Å². The van der Waals surface area contributed by atoms with Crippen molar-refractivity contribution in [1.29, 1.82) is 0 Å². The van der Waals surface area contributed by atoms with Crippen molar-refractivity contribution in [3.8, 4) is 5.75 Å². The van der Waals surface area contributed by atoms with E-state index in [-0.39, 0.29) is 11.9 Å². The molecule has 1 aromatic carbocycles. The Labute approximate surface area is 179 Å². The minimum Gasteiger partial charge on any atom is -0.496 e. The highest BCUT2D eigenvalue weighted by Gasteiger charge is 2.29. The lowest BCUT2D eigenvalue weighted by Gasteiger charge is -2.37. The Morgan fingerprint density at radius 2 is 2.03 bits per heavy atom. The first-order valence-corrected chi connectivity index (χ1v) is 10.7. The average molecular weight is 412 g/mol. The largest absolute Gasteiger partial charge is 0.496 e. The van der Waals surface area contributed by atoms with E-state index in [2.05, 4.69) is 29.6 Å². The zero-order valence-electron chi connectivity index (χ0n) is 18.1. The van der Waals surface area contributed by atoms with Crippen molar-refractivity contribution in [1.82, 2.24) is 9.88 Å². The fraction of sp³-hybridized carbons (Fsp3) is 0.478. The van der Waals surface area contributed by atoms with E-state index in [9.17, 15) is 4.79 Å². The zero-order chi connectivity index (χ0) is 21.5. The lowest BCUT2D eigenvalue weighted by molar-refractivity contribution is 0.0552. The monoisotopic (exact) mass is 411 g/mol. The topological polar surface area (TPSA) is 92.5 Å². The van der Waals surface area contributed by atoms with Gasteiger partial charge in [-0.25, -0.2) is 10.8 Å². The zero-order valence-corrected chi connectivity index (χ0v) is 18.1. The number of hydrogen-bond donors (Lipinski definition) is 3. The van der Waals surface area contributed by atoms with Gasteiger partial charge in [0.25, 0.3) is 5.91 Å². The van der Waals surface area contributed by atoms with E-state index in [0.717, 1.165) is 24.1 Å². The van der Waals surface area contributed by atoms with Gasteiger partial charge in [0.15, 0.2) is 5.82 Å². The van der Waals surface area contributed by atoms with Crippen LogP contribution in [0.25, 0.3) is 0 Å². The van der Waals surface area contributed by atoms with Crippen LogP contribution in [0.2, 0.25) is 0 Å². The molecule has 1 amide bonds. The Hall–Kier alpha value is -2.80. The number of carbonyl (C=O) groups is 1. The molecule has 0 aliphatic heterocycles. The highest BCUT2D eigenvalue weighted by molar-refractivity contribution is 5.97. The standard InChI is InChI=1S/C23H33N5O2/c1-16(2)28(18-8-5-4-6-9-18)23(29)19-12-11-17(14-21(19)30-3)15-26-20-10-7-13-25-22(20)27-24/h7,10-14,16,18,26H,4-6,8-9,15,24H2,1-3H3,(H,25,27). The van der Waals surface area contributed by atoms with Crippen molar-refractivity contribution >= 4 is 17.4 Å². The summed E-state index contributed by atoms with van der Waals surface area (Å²) in [4.78, 5) is 19.7. The Balaban J connectivity index is 1.78. The number of amides is 1. The minimum atomic E-state index is 0.0511. The van der Waals surface area contributed by atoms with Crippen LogP contribution in [0.1, 0.15) is 61.9 Å². The second-order valence-corrected chi connectivity index (χ2v) is 8.03. The summed E-state index contributed by atoms with van der Waals surface area (Å²) in [6.45, 7) is 4.74. The van der Waals surface area contributed by atoms with Gasteiger partial charge in [-0.1, -0.05) is 25.3 Å². The molecule has 1 heterocycles. The van der Waals surface area contributed by atoms with Gasteiger partial charge >= 0.3 is 0 Å². The number of anilines is 2. The van der Waals surface area contributed by atoms with Crippen LogP contribution in [0.3, 0.4) is 0 Å². The van der Waals surface area contributed by atoms with Gasteiger partial charge in [-0.3, -0.25) is 4.79 Å². The molecule has 1 saturated carbocycles. The molecule has 0 radical (unpaired) electrons. The van der Waals surface area contributed by atoms with E-state index < -0.39 is 0 Å². The maximum absolute atomic E-state index is 13.4. The molecule has 1 aromatic heterocycles. The van der Waals surface area contributed by atoms with Crippen molar-refractivity contribution in [3.63, 3.8) is 0 Å². The predicted molar refractivity (Wildman–Crippen MR) is 121 cm³/mol. The molecule has 1 aliphatic carbocycles. The number of methoxy groups -OCH3 is 1. The summed E-state index contributed by atoms with van der Waals surface area (Å²) in [5.74, 6) is 6.75. The van der Waals surface area contributed by atoms with Crippen molar-refractivity contribution in [2.24, 2.45) is 5.84 Å². The number of nitrogen functional groups attached to an aromatic ring is 1.